The Morgan fingerprint density at radius 2 is 2.09 bits per heavy atom. The molecule has 2 aromatic heterocycles. The molecule has 2 aliphatic heterocycles. The number of pyridine rings is 2. The highest BCUT2D eigenvalue weighted by atomic mass is 32.2. The Morgan fingerprint density at radius 3 is 2.76 bits per heavy atom. The number of carbonyl (C=O) groups is 1. The summed E-state index contributed by atoms with van der Waals surface area (Å²) in [6, 6.07) is 6.45. The van der Waals surface area contributed by atoms with Crippen molar-refractivity contribution in [3.63, 3.8) is 0 Å². The summed E-state index contributed by atoms with van der Waals surface area (Å²) in [6.07, 6.45) is -0.948. The number of halogens is 3. The molecule has 1 amide bonds. The molecule has 0 bridgehead atoms. The van der Waals surface area contributed by atoms with Gasteiger partial charge in [0.05, 0.1) is 17.9 Å². The summed E-state index contributed by atoms with van der Waals surface area (Å²) in [7, 11) is -3.43. The lowest BCUT2D eigenvalue weighted by Gasteiger charge is -2.39. The molecule has 0 saturated carbocycles. The Balaban J connectivity index is 1.75. The number of alkyl halides is 2. The van der Waals surface area contributed by atoms with Gasteiger partial charge >= 0.3 is 0 Å². The second-order valence-electron chi connectivity index (χ2n) is 7.63. The highest BCUT2D eigenvalue weighted by Gasteiger charge is 2.53. The molecule has 2 aliphatic rings. The maximum absolute atomic E-state index is 14.9. The van der Waals surface area contributed by atoms with Crippen molar-refractivity contribution in [2.75, 3.05) is 24.2 Å². The first-order valence-corrected chi connectivity index (χ1v) is 11.8. The van der Waals surface area contributed by atoms with Gasteiger partial charge in [0.15, 0.2) is 5.54 Å². The first-order chi connectivity index (χ1) is 16.2. The maximum atomic E-state index is 14.9. The molecule has 0 saturated heterocycles. The number of hydrogen-bond donors (Lipinski definition) is 2. The Hall–Kier alpha value is -3.73. The quantitative estimate of drug-likeness (QED) is 0.667. The molecule has 0 aromatic carbocycles. The Bertz CT molecular complexity index is 1320. The minimum absolute atomic E-state index is 0.0777. The SMILES string of the molecule is N#Cc1ccc(C(=O)Nc2ccc(F)c([C@]3(C(F)F)C[S@@]4(=O)=NCCCCN4C(N)=N3)n2)nc1. The van der Waals surface area contributed by atoms with Crippen LogP contribution in [-0.2, 0) is 15.5 Å². The fraction of sp³-hybridized carbons (Fsp3) is 0.350. The van der Waals surface area contributed by atoms with Crippen molar-refractivity contribution in [1.82, 2.24) is 14.3 Å². The van der Waals surface area contributed by atoms with E-state index in [2.05, 4.69) is 24.6 Å². The molecule has 0 unspecified atom stereocenters. The zero-order chi connectivity index (χ0) is 24.5. The van der Waals surface area contributed by atoms with Gasteiger partial charge in [-0.1, -0.05) is 0 Å². The van der Waals surface area contributed by atoms with E-state index in [1.54, 1.807) is 0 Å². The molecule has 4 rings (SSSR count). The van der Waals surface area contributed by atoms with E-state index in [-0.39, 0.29) is 30.2 Å². The van der Waals surface area contributed by atoms with Crippen molar-refractivity contribution in [3.05, 3.63) is 53.2 Å². The largest absolute Gasteiger partial charge is 0.369 e. The molecule has 2 aromatic rings. The lowest BCUT2D eigenvalue weighted by molar-refractivity contribution is 0.0592. The number of carbonyl (C=O) groups excluding carboxylic acids is 1. The number of fused-ring (bicyclic) bond motifs is 1. The highest BCUT2D eigenvalue weighted by Crippen LogP contribution is 2.40. The molecule has 178 valence electrons. The molecule has 34 heavy (non-hydrogen) atoms. The number of amides is 1. The van der Waals surface area contributed by atoms with Gasteiger partial charge in [0.1, 0.15) is 39.0 Å². The van der Waals surface area contributed by atoms with Crippen LogP contribution in [0.3, 0.4) is 0 Å². The van der Waals surface area contributed by atoms with Crippen LogP contribution in [0.5, 0.6) is 0 Å². The van der Waals surface area contributed by atoms with E-state index in [4.69, 9.17) is 11.0 Å². The molecule has 10 nitrogen and oxygen atoms in total. The lowest BCUT2D eigenvalue weighted by Crippen LogP contribution is -2.55. The predicted molar refractivity (Wildman–Crippen MR) is 117 cm³/mol. The summed E-state index contributed by atoms with van der Waals surface area (Å²) in [5, 5.41) is 11.2. The van der Waals surface area contributed by atoms with Gasteiger partial charge in [-0.2, -0.15) is 5.26 Å². The van der Waals surface area contributed by atoms with Gasteiger partial charge in [0.25, 0.3) is 12.3 Å². The third-order valence-corrected chi connectivity index (χ3v) is 7.83. The Kier molecular flexibility index (Phi) is 6.13. The molecule has 4 heterocycles. The number of nitrogens with two attached hydrogens (primary N) is 1. The third kappa shape index (κ3) is 4.14. The van der Waals surface area contributed by atoms with Crippen LogP contribution in [0.15, 0.2) is 39.8 Å². The van der Waals surface area contributed by atoms with Crippen molar-refractivity contribution in [3.8, 4) is 6.07 Å². The summed E-state index contributed by atoms with van der Waals surface area (Å²) < 4.78 is 62.7. The number of nitrogens with one attached hydrogen (secondary N) is 1. The molecule has 14 heteroatoms. The monoisotopic (exact) mass is 492 g/mol. The minimum atomic E-state index is -3.43. The normalized spacial score (nSPS) is 24.3. The van der Waals surface area contributed by atoms with Crippen LogP contribution in [0.1, 0.15) is 34.6 Å². The van der Waals surface area contributed by atoms with Crippen LogP contribution in [0, 0.1) is 17.1 Å². The molecule has 0 radical (unpaired) electrons. The average Bonchev–Trinajstić information content (AvgIpc) is 3.01. The van der Waals surface area contributed by atoms with Crippen LogP contribution >= 0.6 is 0 Å². The van der Waals surface area contributed by atoms with Crippen LogP contribution in [0.2, 0.25) is 0 Å². The van der Waals surface area contributed by atoms with Gasteiger partial charge in [0.2, 0.25) is 5.96 Å². The predicted octanol–water partition coefficient (Wildman–Crippen LogP) is 2.01. The van der Waals surface area contributed by atoms with Crippen LogP contribution in [0.4, 0.5) is 19.0 Å². The number of aliphatic imine (C=N–C) groups is 1. The van der Waals surface area contributed by atoms with Crippen LogP contribution in [0.25, 0.3) is 0 Å². The number of nitrogens with zero attached hydrogens (tertiary/aromatic N) is 6. The molecule has 0 spiro atoms. The van der Waals surface area contributed by atoms with E-state index >= 15 is 0 Å². The Morgan fingerprint density at radius 1 is 1.29 bits per heavy atom. The first kappa shape index (κ1) is 23.4. The van der Waals surface area contributed by atoms with Crippen molar-refractivity contribution in [1.29, 1.82) is 5.26 Å². The van der Waals surface area contributed by atoms with E-state index in [1.807, 2.05) is 6.07 Å². The smallest absolute Gasteiger partial charge is 0.275 e. The number of aromatic nitrogens is 2. The number of rotatable bonds is 4. The second-order valence-corrected chi connectivity index (χ2v) is 9.83. The van der Waals surface area contributed by atoms with E-state index in [0.717, 1.165) is 12.1 Å². The summed E-state index contributed by atoms with van der Waals surface area (Å²) in [6.45, 7) is 0.409. The number of nitriles is 1. The maximum Gasteiger partial charge on any atom is 0.275 e. The number of anilines is 1. The van der Waals surface area contributed by atoms with E-state index < -0.39 is 51.0 Å². The van der Waals surface area contributed by atoms with Crippen molar-refractivity contribution in [2.24, 2.45) is 15.1 Å². The van der Waals surface area contributed by atoms with Gasteiger partial charge < -0.3 is 11.1 Å². The summed E-state index contributed by atoms with van der Waals surface area (Å²) >= 11 is 0. The third-order valence-electron chi connectivity index (χ3n) is 5.37. The molecule has 0 fully saturated rings. The van der Waals surface area contributed by atoms with Crippen molar-refractivity contribution in [2.45, 2.75) is 24.8 Å². The number of hydrogen-bond acceptors (Lipinski definition) is 8. The zero-order valence-electron chi connectivity index (χ0n) is 17.6. The summed E-state index contributed by atoms with van der Waals surface area (Å²) in [5.74, 6) is -3.38. The standard InChI is InChI=1S/C20H19F3N8O2S/c21-13-4-6-15(29-17(32)14-5-3-12(9-24)10-26-14)28-16(13)20(18(22)23)11-34(33)27-7-1-2-8-31(34)19(25)30-20/h3-6,10,18H,1-2,7-8,11H2,(H2,25,30)(H,28,29,32)/t20-,34+/m0/s1. The molecular weight excluding hydrogens is 473 g/mol. The number of guanidine groups is 1. The molecule has 0 aliphatic carbocycles. The molecular formula is C20H19F3N8O2S. The van der Waals surface area contributed by atoms with Gasteiger partial charge in [-0.25, -0.2) is 36.7 Å². The van der Waals surface area contributed by atoms with E-state index in [9.17, 15) is 22.2 Å². The topological polar surface area (TPSA) is 150 Å². The van der Waals surface area contributed by atoms with Gasteiger partial charge in [-0.3, -0.25) is 9.10 Å². The minimum Gasteiger partial charge on any atom is -0.369 e. The van der Waals surface area contributed by atoms with Gasteiger partial charge in [-0.05, 0) is 37.1 Å². The first-order valence-electron chi connectivity index (χ1n) is 10.1. The van der Waals surface area contributed by atoms with Crippen LogP contribution in [-0.4, -0.2) is 55.6 Å². The highest BCUT2D eigenvalue weighted by molar-refractivity contribution is 7.92. The van der Waals surface area contributed by atoms with E-state index in [0.29, 0.717) is 12.8 Å². The van der Waals surface area contributed by atoms with Gasteiger partial charge in [0, 0.05) is 12.7 Å². The second kappa shape index (κ2) is 8.90. The summed E-state index contributed by atoms with van der Waals surface area (Å²) in [5.41, 5.74) is 2.60. The average molecular weight is 492 g/mol. The Labute approximate surface area is 193 Å². The lowest BCUT2D eigenvalue weighted by atomic mass is 9.97. The fourth-order valence-corrected chi connectivity index (χ4v) is 6.13. The molecule has 3 N–H and O–H groups in total. The van der Waals surface area contributed by atoms with Gasteiger partial charge in [-0.15, -0.1) is 0 Å². The van der Waals surface area contributed by atoms with Crippen LogP contribution < -0.4 is 11.1 Å². The summed E-state index contributed by atoms with van der Waals surface area (Å²) in [4.78, 5) is 24.1. The molecule has 2 atom stereocenters. The van der Waals surface area contributed by atoms with Crippen molar-refractivity contribution < 1.29 is 22.2 Å². The van der Waals surface area contributed by atoms with E-state index in [1.165, 1.54) is 22.6 Å². The fourth-order valence-electron chi connectivity index (χ4n) is 3.68. The van der Waals surface area contributed by atoms with Crippen molar-refractivity contribution >= 4 is 27.6 Å². The zero-order valence-corrected chi connectivity index (χ0v) is 18.4.